The highest BCUT2D eigenvalue weighted by molar-refractivity contribution is 5.83. The SMILES string of the molecule is Cc1cnn([C@H](C)[C@@H](C)N[C@H](C(=O)NC2CC2)c2ccccc2)c1. The van der Waals surface area contributed by atoms with E-state index in [1.807, 2.05) is 54.3 Å². The molecule has 3 rings (SSSR count). The Hall–Kier alpha value is -2.14. The molecule has 0 aliphatic heterocycles. The van der Waals surface area contributed by atoms with E-state index >= 15 is 0 Å². The topological polar surface area (TPSA) is 59.0 Å². The number of nitrogens with zero attached hydrogens (tertiary/aromatic N) is 2. The molecule has 0 unspecified atom stereocenters. The van der Waals surface area contributed by atoms with E-state index in [1.165, 1.54) is 0 Å². The number of nitrogens with one attached hydrogen (secondary N) is 2. The van der Waals surface area contributed by atoms with Gasteiger partial charge in [-0.1, -0.05) is 30.3 Å². The molecule has 1 aliphatic carbocycles. The van der Waals surface area contributed by atoms with Crippen LogP contribution in [0.25, 0.3) is 0 Å². The molecule has 2 aromatic rings. The van der Waals surface area contributed by atoms with E-state index in [-0.39, 0.29) is 24.0 Å². The molecule has 1 saturated carbocycles. The second-order valence-corrected chi connectivity index (χ2v) is 6.82. The van der Waals surface area contributed by atoms with Gasteiger partial charge in [0, 0.05) is 18.3 Å². The zero-order valence-electron chi connectivity index (χ0n) is 14.6. The largest absolute Gasteiger partial charge is 0.352 e. The molecule has 2 N–H and O–H groups in total. The molecule has 1 heterocycles. The van der Waals surface area contributed by atoms with Crippen molar-refractivity contribution in [1.29, 1.82) is 0 Å². The molecule has 128 valence electrons. The minimum absolute atomic E-state index is 0.0550. The van der Waals surface area contributed by atoms with Crippen molar-refractivity contribution >= 4 is 5.91 Å². The van der Waals surface area contributed by atoms with E-state index in [0.717, 1.165) is 24.0 Å². The normalized spacial score (nSPS) is 18.0. The summed E-state index contributed by atoms with van der Waals surface area (Å²) >= 11 is 0. The van der Waals surface area contributed by atoms with Gasteiger partial charge in [0.25, 0.3) is 0 Å². The quantitative estimate of drug-likeness (QED) is 0.822. The Bertz CT molecular complexity index is 678. The van der Waals surface area contributed by atoms with Gasteiger partial charge in [-0.3, -0.25) is 14.8 Å². The molecule has 0 bridgehead atoms. The number of carbonyl (C=O) groups is 1. The van der Waals surface area contributed by atoms with Gasteiger partial charge in [-0.15, -0.1) is 0 Å². The molecule has 0 spiro atoms. The summed E-state index contributed by atoms with van der Waals surface area (Å²) in [7, 11) is 0. The number of hydrogen-bond donors (Lipinski definition) is 2. The van der Waals surface area contributed by atoms with Crippen LogP contribution in [0, 0.1) is 6.92 Å². The molecule has 1 aliphatic rings. The van der Waals surface area contributed by atoms with Crippen LogP contribution in [-0.2, 0) is 4.79 Å². The summed E-state index contributed by atoms with van der Waals surface area (Å²) in [5.74, 6) is 0.0550. The summed E-state index contributed by atoms with van der Waals surface area (Å²) in [6, 6.07) is 10.2. The minimum atomic E-state index is -0.346. The molecule has 0 saturated heterocycles. The van der Waals surface area contributed by atoms with Crippen molar-refractivity contribution in [2.45, 2.75) is 57.8 Å². The first-order valence-corrected chi connectivity index (χ1v) is 8.66. The van der Waals surface area contributed by atoms with E-state index < -0.39 is 0 Å². The fourth-order valence-electron chi connectivity index (χ4n) is 2.77. The molecule has 1 aromatic heterocycles. The first kappa shape index (κ1) is 16.7. The second-order valence-electron chi connectivity index (χ2n) is 6.82. The lowest BCUT2D eigenvalue weighted by atomic mass is 10.0. The van der Waals surface area contributed by atoms with Gasteiger partial charge >= 0.3 is 0 Å². The van der Waals surface area contributed by atoms with Crippen LogP contribution in [0.2, 0.25) is 0 Å². The van der Waals surface area contributed by atoms with Crippen molar-refractivity contribution in [3.05, 3.63) is 53.9 Å². The van der Waals surface area contributed by atoms with Crippen LogP contribution in [0.4, 0.5) is 0 Å². The molecule has 1 aromatic carbocycles. The maximum Gasteiger partial charge on any atom is 0.241 e. The maximum atomic E-state index is 12.7. The Morgan fingerprint density at radius 1 is 1.25 bits per heavy atom. The predicted octanol–water partition coefficient (Wildman–Crippen LogP) is 2.75. The Kier molecular flexibility index (Phi) is 5.00. The molecular weight excluding hydrogens is 300 g/mol. The molecule has 5 nitrogen and oxygen atoms in total. The van der Waals surface area contributed by atoms with Crippen LogP contribution >= 0.6 is 0 Å². The summed E-state index contributed by atoms with van der Waals surface area (Å²) in [6.45, 7) is 6.25. The zero-order valence-corrected chi connectivity index (χ0v) is 14.6. The van der Waals surface area contributed by atoms with E-state index in [9.17, 15) is 4.79 Å². The number of aryl methyl sites for hydroxylation is 1. The van der Waals surface area contributed by atoms with Crippen LogP contribution in [-0.4, -0.2) is 27.8 Å². The molecule has 1 amide bonds. The van der Waals surface area contributed by atoms with E-state index in [2.05, 4.69) is 29.6 Å². The third-order valence-electron chi connectivity index (χ3n) is 4.62. The van der Waals surface area contributed by atoms with E-state index in [1.54, 1.807) is 0 Å². The fourth-order valence-corrected chi connectivity index (χ4v) is 2.77. The van der Waals surface area contributed by atoms with Crippen molar-refractivity contribution < 1.29 is 4.79 Å². The fraction of sp³-hybridized carbons (Fsp3) is 0.474. The van der Waals surface area contributed by atoms with Crippen molar-refractivity contribution in [3.63, 3.8) is 0 Å². The summed E-state index contributed by atoms with van der Waals surface area (Å²) in [6.07, 6.45) is 6.07. The third kappa shape index (κ3) is 4.03. The highest BCUT2D eigenvalue weighted by Gasteiger charge is 2.30. The van der Waals surface area contributed by atoms with Crippen LogP contribution < -0.4 is 10.6 Å². The molecular formula is C19H26N4O. The zero-order chi connectivity index (χ0) is 17.1. The highest BCUT2D eigenvalue weighted by atomic mass is 16.2. The number of benzene rings is 1. The number of rotatable bonds is 7. The van der Waals surface area contributed by atoms with Crippen molar-refractivity contribution in [1.82, 2.24) is 20.4 Å². The van der Waals surface area contributed by atoms with Gasteiger partial charge in [0.05, 0.1) is 12.2 Å². The van der Waals surface area contributed by atoms with Crippen LogP contribution in [0.5, 0.6) is 0 Å². The summed E-state index contributed by atoms with van der Waals surface area (Å²) in [5.41, 5.74) is 2.13. The van der Waals surface area contributed by atoms with Crippen LogP contribution in [0.1, 0.15) is 49.9 Å². The first-order chi connectivity index (χ1) is 11.5. The van der Waals surface area contributed by atoms with Gasteiger partial charge in [0.1, 0.15) is 6.04 Å². The van der Waals surface area contributed by atoms with Gasteiger partial charge in [0.15, 0.2) is 0 Å². The number of carbonyl (C=O) groups excluding carboxylic acids is 1. The van der Waals surface area contributed by atoms with E-state index in [4.69, 9.17) is 0 Å². The summed E-state index contributed by atoms with van der Waals surface area (Å²) < 4.78 is 1.95. The molecule has 5 heteroatoms. The molecule has 24 heavy (non-hydrogen) atoms. The Morgan fingerprint density at radius 3 is 2.54 bits per heavy atom. The average Bonchev–Trinajstić information content (AvgIpc) is 3.30. The van der Waals surface area contributed by atoms with Gasteiger partial charge in [-0.25, -0.2) is 0 Å². The number of hydrogen-bond acceptors (Lipinski definition) is 3. The molecule has 3 atom stereocenters. The van der Waals surface area contributed by atoms with Crippen LogP contribution in [0.3, 0.4) is 0 Å². The van der Waals surface area contributed by atoms with Gasteiger partial charge < -0.3 is 5.32 Å². The Balaban J connectivity index is 1.73. The maximum absolute atomic E-state index is 12.7. The third-order valence-corrected chi connectivity index (χ3v) is 4.62. The van der Waals surface area contributed by atoms with Crippen molar-refractivity contribution in [2.24, 2.45) is 0 Å². The molecule has 1 fully saturated rings. The first-order valence-electron chi connectivity index (χ1n) is 8.66. The smallest absolute Gasteiger partial charge is 0.241 e. The monoisotopic (exact) mass is 326 g/mol. The lowest BCUT2D eigenvalue weighted by Crippen LogP contribution is -2.44. The van der Waals surface area contributed by atoms with Gasteiger partial charge in [0.2, 0.25) is 5.91 Å². The van der Waals surface area contributed by atoms with Gasteiger partial charge in [-0.2, -0.15) is 5.10 Å². The average molecular weight is 326 g/mol. The lowest BCUT2D eigenvalue weighted by molar-refractivity contribution is -0.123. The Morgan fingerprint density at radius 2 is 1.96 bits per heavy atom. The lowest BCUT2D eigenvalue weighted by Gasteiger charge is -2.27. The van der Waals surface area contributed by atoms with E-state index in [0.29, 0.717) is 6.04 Å². The van der Waals surface area contributed by atoms with Gasteiger partial charge in [-0.05, 0) is 44.7 Å². The van der Waals surface area contributed by atoms with Crippen LogP contribution in [0.15, 0.2) is 42.7 Å². The standard InChI is InChI=1S/C19H26N4O/c1-13-11-20-23(12-13)15(3)14(2)21-18(16-7-5-4-6-8-16)19(24)22-17-9-10-17/h4-8,11-12,14-15,17-18,21H,9-10H2,1-3H3,(H,22,24)/t14-,15-,18+/m1/s1. The van der Waals surface area contributed by atoms with Crippen molar-refractivity contribution in [3.8, 4) is 0 Å². The minimum Gasteiger partial charge on any atom is -0.352 e. The number of aromatic nitrogens is 2. The second kappa shape index (κ2) is 7.18. The van der Waals surface area contributed by atoms with Crippen molar-refractivity contribution in [2.75, 3.05) is 0 Å². The number of amides is 1. The highest BCUT2D eigenvalue weighted by Crippen LogP contribution is 2.22. The summed E-state index contributed by atoms with van der Waals surface area (Å²) in [4.78, 5) is 12.7. The predicted molar refractivity (Wildman–Crippen MR) is 94.6 cm³/mol. The Labute approximate surface area is 143 Å². The summed E-state index contributed by atoms with van der Waals surface area (Å²) in [5, 5.41) is 11.0. The molecule has 0 radical (unpaired) electrons.